The van der Waals surface area contributed by atoms with Crippen LogP contribution in [-0.2, 0) is 11.2 Å². The Labute approximate surface area is 158 Å². The van der Waals surface area contributed by atoms with E-state index < -0.39 is 0 Å². The number of amides is 1. The number of nitrogens with zero attached hydrogens (tertiary/aromatic N) is 2. The highest BCUT2D eigenvalue weighted by Crippen LogP contribution is 2.27. The van der Waals surface area contributed by atoms with E-state index in [2.05, 4.69) is 15.1 Å². The number of fused-ring (bicyclic) bond motifs is 1. The molecule has 1 N–H and O–H groups in total. The van der Waals surface area contributed by atoms with Crippen molar-refractivity contribution in [2.75, 3.05) is 49.5 Å². The van der Waals surface area contributed by atoms with Gasteiger partial charge in [-0.3, -0.25) is 9.69 Å². The minimum atomic E-state index is -0.182. The van der Waals surface area contributed by atoms with Gasteiger partial charge in [0.15, 0.2) is 0 Å². The molecular formula is C21H24FN3O2. The monoisotopic (exact) mass is 369 g/mol. The van der Waals surface area contributed by atoms with Crippen LogP contribution in [0, 0.1) is 5.82 Å². The van der Waals surface area contributed by atoms with Crippen molar-refractivity contribution in [1.82, 2.24) is 4.90 Å². The first kappa shape index (κ1) is 17.8. The van der Waals surface area contributed by atoms with Crippen molar-refractivity contribution in [3.63, 3.8) is 0 Å². The summed E-state index contributed by atoms with van der Waals surface area (Å²) in [6, 6.07) is 12.6. The molecule has 6 heteroatoms. The van der Waals surface area contributed by atoms with Gasteiger partial charge in [-0.2, -0.15) is 0 Å². The maximum absolute atomic E-state index is 13.4. The summed E-state index contributed by atoms with van der Waals surface area (Å²) in [5, 5.41) is 2.83. The average molecular weight is 369 g/mol. The van der Waals surface area contributed by atoms with Crippen LogP contribution < -0.4 is 15.0 Å². The molecule has 2 aliphatic heterocycles. The SMILES string of the molecule is O=C1Cc2cc(OCCCN3CCN(c4cccc(F)c4)CC3)ccc2N1. The fourth-order valence-electron chi connectivity index (χ4n) is 3.68. The number of hydrogen-bond donors (Lipinski definition) is 1. The molecule has 1 amide bonds. The minimum absolute atomic E-state index is 0.0412. The molecule has 5 nitrogen and oxygen atoms in total. The molecule has 4 rings (SSSR count). The lowest BCUT2D eigenvalue weighted by Gasteiger charge is -2.36. The van der Waals surface area contributed by atoms with Crippen LogP contribution in [0.15, 0.2) is 42.5 Å². The highest BCUT2D eigenvalue weighted by Gasteiger charge is 2.18. The van der Waals surface area contributed by atoms with E-state index in [-0.39, 0.29) is 11.7 Å². The normalized spacial score (nSPS) is 16.9. The number of benzene rings is 2. The van der Waals surface area contributed by atoms with Gasteiger partial charge < -0.3 is 15.0 Å². The number of anilines is 2. The molecule has 0 bridgehead atoms. The molecule has 0 atom stereocenters. The summed E-state index contributed by atoms with van der Waals surface area (Å²) in [5.74, 6) is 0.680. The van der Waals surface area contributed by atoms with Crippen molar-refractivity contribution in [1.29, 1.82) is 0 Å². The number of ether oxygens (including phenoxy) is 1. The first-order chi connectivity index (χ1) is 13.2. The Morgan fingerprint density at radius 3 is 2.74 bits per heavy atom. The van der Waals surface area contributed by atoms with Crippen LogP contribution in [0.1, 0.15) is 12.0 Å². The van der Waals surface area contributed by atoms with Crippen molar-refractivity contribution < 1.29 is 13.9 Å². The molecule has 1 saturated heterocycles. The summed E-state index contributed by atoms with van der Waals surface area (Å²) < 4.78 is 19.2. The van der Waals surface area contributed by atoms with Gasteiger partial charge in [0.25, 0.3) is 0 Å². The van der Waals surface area contributed by atoms with Crippen molar-refractivity contribution in [3.05, 3.63) is 53.8 Å². The Morgan fingerprint density at radius 2 is 1.93 bits per heavy atom. The van der Waals surface area contributed by atoms with Gasteiger partial charge in [0.2, 0.25) is 5.91 Å². The third-order valence-electron chi connectivity index (χ3n) is 5.13. The molecule has 0 unspecified atom stereocenters. The predicted molar refractivity (Wildman–Crippen MR) is 104 cm³/mol. The Hall–Kier alpha value is -2.60. The van der Waals surface area contributed by atoms with E-state index >= 15 is 0 Å². The second kappa shape index (κ2) is 7.96. The number of piperazine rings is 1. The van der Waals surface area contributed by atoms with Gasteiger partial charge in [-0.25, -0.2) is 4.39 Å². The zero-order chi connectivity index (χ0) is 18.6. The number of carbonyl (C=O) groups excluding carboxylic acids is 1. The van der Waals surface area contributed by atoms with Crippen molar-refractivity contribution in [3.8, 4) is 5.75 Å². The summed E-state index contributed by atoms with van der Waals surface area (Å²) in [6.07, 6.45) is 1.39. The first-order valence-corrected chi connectivity index (χ1v) is 9.46. The second-order valence-corrected chi connectivity index (χ2v) is 7.05. The highest BCUT2D eigenvalue weighted by atomic mass is 19.1. The van der Waals surface area contributed by atoms with Crippen molar-refractivity contribution in [2.45, 2.75) is 12.8 Å². The lowest BCUT2D eigenvalue weighted by molar-refractivity contribution is -0.115. The van der Waals surface area contributed by atoms with Gasteiger partial charge in [0, 0.05) is 44.1 Å². The zero-order valence-electron chi connectivity index (χ0n) is 15.3. The highest BCUT2D eigenvalue weighted by molar-refractivity contribution is 5.99. The summed E-state index contributed by atoms with van der Waals surface area (Å²) in [4.78, 5) is 16.1. The van der Waals surface area contributed by atoms with Gasteiger partial charge in [0.1, 0.15) is 11.6 Å². The second-order valence-electron chi connectivity index (χ2n) is 7.05. The van der Waals surface area contributed by atoms with Crippen LogP contribution >= 0.6 is 0 Å². The maximum atomic E-state index is 13.4. The Balaban J connectivity index is 1.18. The van der Waals surface area contributed by atoms with E-state index in [9.17, 15) is 9.18 Å². The van der Waals surface area contributed by atoms with Gasteiger partial charge >= 0.3 is 0 Å². The lowest BCUT2D eigenvalue weighted by atomic mass is 10.1. The molecular weight excluding hydrogens is 345 g/mol. The Morgan fingerprint density at radius 1 is 1.07 bits per heavy atom. The van der Waals surface area contributed by atoms with E-state index in [1.807, 2.05) is 24.3 Å². The van der Waals surface area contributed by atoms with Crippen LogP contribution in [0.2, 0.25) is 0 Å². The van der Waals surface area contributed by atoms with Crippen LogP contribution in [0.4, 0.5) is 15.8 Å². The van der Waals surface area contributed by atoms with Gasteiger partial charge in [-0.15, -0.1) is 0 Å². The lowest BCUT2D eigenvalue weighted by Crippen LogP contribution is -2.46. The molecule has 2 aromatic carbocycles. The van der Waals surface area contributed by atoms with Crippen LogP contribution in [-0.4, -0.2) is 50.1 Å². The average Bonchev–Trinajstić information content (AvgIpc) is 3.05. The van der Waals surface area contributed by atoms with E-state index in [1.54, 1.807) is 12.1 Å². The standard InChI is InChI=1S/C21H24FN3O2/c22-17-3-1-4-18(15-17)25-10-8-24(9-11-25)7-2-12-27-19-5-6-20-16(13-19)14-21(26)23-20/h1,3-6,13,15H,2,7-12,14H2,(H,23,26). The zero-order valence-corrected chi connectivity index (χ0v) is 15.3. The molecule has 2 aromatic rings. The van der Waals surface area contributed by atoms with Gasteiger partial charge in [-0.1, -0.05) is 6.07 Å². The van der Waals surface area contributed by atoms with Crippen LogP contribution in [0.3, 0.4) is 0 Å². The molecule has 142 valence electrons. The molecule has 0 radical (unpaired) electrons. The third-order valence-corrected chi connectivity index (χ3v) is 5.13. The molecule has 0 aromatic heterocycles. The van der Waals surface area contributed by atoms with Gasteiger partial charge in [0.05, 0.1) is 13.0 Å². The fourth-order valence-corrected chi connectivity index (χ4v) is 3.68. The number of halogens is 1. The molecule has 27 heavy (non-hydrogen) atoms. The maximum Gasteiger partial charge on any atom is 0.228 e. The number of rotatable bonds is 6. The molecule has 2 aliphatic rings. The summed E-state index contributed by atoms with van der Waals surface area (Å²) in [6.45, 7) is 5.42. The van der Waals surface area contributed by atoms with E-state index in [4.69, 9.17) is 4.74 Å². The molecule has 0 saturated carbocycles. The van der Waals surface area contributed by atoms with Gasteiger partial charge in [-0.05, 0) is 48.4 Å². The summed E-state index contributed by atoms with van der Waals surface area (Å²) in [7, 11) is 0. The van der Waals surface area contributed by atoms with Crippen LogP contribution in [0.25, 0.3) is 0 Å². The van der Waals surface area contributed by atoms with E-state index in [0.717, 1.165) is 61.8 Å². The largest absolute Gasteiger partial charge is 0.494 e. The smallest absolute Gasteiger partial charge is 0.228 e. The fraction of sp³-hybridized carbons (Fsp3) is 0.381. The summed E-state index contributed by atoms with van der Waals surface area (Å²) in [5.41, 5.74) is 2.86. The van der Waals surface area contributed by atoms with Crippen molar-refractivity contribution >= 4 is 17.3 Å². The van der Waals surface area contributed by atoms with Crippen LogP contribution in [0.5, 0.6) is 5.75 Å². The van der Waals surface area contributed by atoms with Crippen molar-refractivity contribution in [2.24, 2.45) is 0 Å². The quantitative estimate of drug-likeness (QED) is 0.796. The number of nitrogens with one attached hydrogen (secondary N) is 1. The minimum Gasteiger partial charge on any atom is -0.494 e. The van der Waals surface area contributed by atoms with E-state index in [0.29, 0.717) is 13.0 Å². The Kier molecular flexibility index (Phi) is 5.25. The molecule has 2 heterocycles. The Bertz CT molecular complexity index is 819. The summed E-state index contributed by atoms with van der Waals surface area (Å²) >= 11 is 0. The molecule has 0 spiro atoms. The molecule has 0 aliphatic carbocycles. The molecule has 1 fully saturated rings. The first-order valence-electron chi connectivity index (χ1n) is 9.46. The topological polar surface area (TPSA) is 44.8 Å². The van der Waals surface area contributed by atoms with E-state index in [1.165, 1.54) is 6.07 Å². The number of carbonyl (C=O) groups is 1. The predicted octanol–water partition coefficient (Wildman–Crippen LogP) is 2.91. The number of hydrogen-bond acceptors (Lipinski definition) is 4. The third kappa shape index (κ3) is 4.39.